The van der Waals surface area contributed by atoms with Crippen LogP contribution in [0, 0.1) is 0 Å². The Hall–Kier alpha value is -1.46. The van der Waals surface area contributed by atoms with Crippen molar-refractivity contribution in [3.63, 3.8) is 0 Å². The molecule has 0 amide bonds. The maximum absolute atomic E-state index is 11.1. The van der Waals surface area contributed by atoms with Gasteiger partial charge in [-0.1, -0.05) is 70.4 Å². The average Bonchev–Trinajstić information content (AvgIpc) is 3.00. The molecule has 27 heavy (non-hydrogen) atoms. The molecule has 1 unspecified atom stereocenters. The number of quaternary nitrogens is 1. The molecular weight excluding hydrogens is 338 g/mol. The van der Waals surface area contributed by atoms with E-state index in [0.717, 1.165) is 25.1 Å². The fourth-order valence-corrected chi connectivity index (χ4v) is 3.64. The normalized spacial score (nSPS) is 19.1. The molecule has 5 nitrogen and oxygen atoms in total. The Morgan fingerprint density at radius 2 is 1.70 bits per heavy atom. The van der Waals surface area contributed by atoms with Gasteiger partial charge in [-0.25, -0.2) is 9.48 Å². The van der Waals surface area contributed by atoms with Gasteiger partial charge in [0.15, 0.2) is 0 Å². The standard InChI is InChI=1S/C22H39N3O2/c1-2-3-4-5-6-7-8-9-10-11-12-13-14-15-21-24-17-19-25(21,18-16-23)20-22(26)27/h12-13,17,19H,2-11,14-16,18,20,23H2,1H3/b13-12+. The molecule has 5 heteroatoms. The molecule has 2 N–H and O–H groups in total. The Labute approximate surface area is 165 Å². The molecule has 1 rings (SSSR count). The third kappa shape index (κ3) is 9.87. The first-order valence-electron chi connectivity index (χ1n) is 10.8. The first-order valence-corrected chi connectivity index (χ1v) is 10.8. The highest BCUT2D eigenvalue weighted by Gasteiger charge is 2.34. The lowest BCUT2D eigenvalue weighted by Crippen LogP contribution is -2.54. The number of carboxylic acid groups (broad SMARTS) is 1. The molecule has 1 heterocycles. The van der Waals surface area contributed by atoms with Gasteiger partial charge in [0.2, 0.25) is 5.84 Å². The van der Waals surface area contributed by atoms with Crippen LogP contribution in [0.5, 0.6) is 0 Å². The fraction of sp³-hybridized carbons (Fsp3) is 0.727. The van der Waals surface area contributed by atoms with E-state index in [1.165, 1.54) is 57.8 Å². The monoisotopic (exact) mass is 377 g/mol. The van der Waals surface area contributed by atoms with E-state index in [1.807, 2.05) is 6.20 Å². The van der Waals surface area contributed by atoms with Gasteiger partial charge < -0.3 is 15.6 Å². The van der Waals surface area contributed by atoms with Gasteiger partial charge in [0.25, 0.3) is 0 Å². The van der Waals surface area contributed by atoms with Crippen molar-refractivity contribution in [1.29, 1.82) is 0 Å². The number of nitrogens with zero attached hydrogens (tertiary/aromatic N) is 2. The van der Waals surface area contributed by atoms with Gasteiger partial charge in [0.05, 0.1) is 12.2 Å². The average molecular weight is 378 g/mol. The van der Waals surface area contributed by atoms with Crippen molar-refractivity contribution in [3.05, 3.63) is 24.6 Å². The summed E-state index contributed by atoms with van der Waals surface area (Å²) in [5.74, 6) is -0.194. The summed E-state index contributed by atoms with van der Waals surface area (Å²) in [4.78, 5) is 15.5. The number of aliphatic imine (C=N–C) groups is 1. The van der Waals surface area contributed by atoms with Gasteiger partial charge in [-0.3, -0.25) is 0 Å². The zero-order valence-electron chi connectivity index (χ0n) is 17.2. The van der Waals surface area contributed by atoms with E-state index in [4.69, 9.17) is 5.73 Å². The quantitative estimate of drug-likeness (QED) is 0.239. The van der Waals surface area contributed by atoms with Crippen molar-refractivity contribution in [2.75, 3.05) is 19.6 Å². The molecule has 0 bridgehead atoms. The van der Waals surface area contributed by atoms with Gasteiger partial charge in [-0.2, -0.15) is 0 Å². The summed E-state index contributed by atoms with van der Waals surface area (Å²) >= 11 is 0. The zero-order chi connectivity index (χ0) is 19.8. The molecule has 0 saturated heterocycles. The highest BCUT2D eigenvalue weighted by atomic mass is 16.4. The molecule has 0 saturated carbocycles. The lowest BCUT2D eigenvalue weighted by atomic mass is 10.1. The number of carbonyl (C=O) groups excluding carboxylic acids is 1. The Kier molecular flexibility index (Phi) is 12.7. The van der Waals surface area contributed by atoms with E-state index in [-0.39, 0.29) is 11.0 Å². The molecule has 1 aliphatic rings. The highest BCUT2D eigenvalue weighted by molar-refractivity contribution is 5.81. The van der Waals surface area contributed by atoms with Crippen LogP contribution in [-0.2, 0) is 4.79 Å². The topological polar surface area (TPSA) is 78.5 Å². The van der Waals surface area contributed by atoms with E-state index in [0.29, 0.717) is 13.1 Å². The third-order valence-electron chi connectivity index (χ3n) is 5.20. The highest BCUT2D eigenvalue weighted by Crippen LogP contribution is 2.20. The van der Waals surface area contributed by atoms with Crippen LogP contribution in [0.25, 0.3) is 0 Å². The summed E-state index contributed by atoms with van der Waals surface area (Å²) in [6.45, 7) is 3.14. The Bertz CT molecular complexity index is 500. The molecule has 0 radical (unpaired) electrons. The number of unbranched alkanes of at least 4 members (excludes halogenated alkanes) is 9. The molecule has 0 aromatic carbocycles. The number of nitrogens with two attached hydrogens (primary N) is 1. The summed E-state index contributed by atoms with van der Waals surface area (Å²) in [7, 11) is 0. The predicted molar refractivity (Wildman–Crippen MR) is 111 cm³/mol. The van der Waals surface area contributed by atoms with E-state index in [1.54, 1.807) is 6.20 Å². The Morgan fingerprint density at radius 3 is 2.33 bits per heavy atom. The molecule has 154 valence electrons. The number of amidine groups is 1. The molecule has 1 atom stereocenters. The van der Waals surface area contributed by atoms with E-state index < -0.39 is 5.97 Å². The maximum atomic E-state index is 11.1. The summed E-state index contributed by atoms with van der Waals surface area (Å²) < 4.78 is 0.213. The summed E-state index contributed by atoms with van der Waals surface area (Å²) in [5.41, 5.74) is 5.67. The summed E-state index contributed by atoms with van der Waals surface area (Å²) in [6.07, 6.45) is 22.9. The van der Waals surface area contributed by atoms with Crippen LogP contribution in [0.15, 0.2) is 29.5 Å². The summed E-state index contributed by atoms with van der Waals surface area (Å²) in [6, 6.07) is 0. The Balaban J connectivity index is 2.13. The van der Waals surface area contributed by atoms with Crippen LogP contribution >= 0.6 is 0 Å². The van der Waals surface area contributed by atoms with Crippen molar-refractivity contribution < 1.29 is 14.4 Å². The fourth-order valence-electron chi connectivity index (χ4n) is 3.64. The van der Waals surface area contributed by atoms with Crippen LogP contribution in [0.2, 0.25) is 0 Å². The second kappa shape index (κ2) is 14.6. The number of hydrogen-bond donors (Lipinski definition) is 1. The minimum atomic E-state index is -1.07. The number of allylic oxidation sites excluding steroid dienone is 2. The van der Waals surface area contributed by atoms with Crippen LogP contribution in [0.3, 0.4) is 0 Å². The Morgan fingerprint density at radius 1 is 1.07 bits per heavy atom. The van der Waals surface area contributed by atoms with Gasteiger partial charge in [-0.15, -0.1) is 0 Å². The number of carbonyl (C=O) groups is 1. The van der Waals surface area contributed by atoms with Crippen molar-refractivity contribution in [2.45, 2.75) is 84.0 Å². The van der Waals surface area contributed by atoms with Crippen LogP contribution in [-0.4, -0.2) is 35.9 Å². The minimum Gasteiger partial charge on any atom is -0.544 e. The first kappa shape index (κ1) is 23.6. The molecule has 0 fully saturated rings. The second-order valence-corrected chi connectivity index (χ2v) is 7.55. The van der Waals surface area contributed by atoms with Crippen molar-refractivity contribution in [3.8, 4) is 0 Å². The summed E-state index contributed by atoms with van der Waals surface area (Å²) in [5, 5.41) is 11.1. The molecular formula is C22H39N3O2. The van der Waals surface area contributed by atoms with Crippen LogP contribution in [0.4, 0.5) is 0 Å². The number of hydrogen-bond acceptors (Lipinski definition) is 4. The molecule has 0 aromatic rings. The largest absolute Gasteiger partial charge is 0.544 e. The molecule has 0 spiro atoms. The van der Waals surface area contributed by atoms with E-state index in [2.05, 4.69) is 24.1 Å². The zero-order valence-corrected chi connectivity index (χ0v) is 17.2. The smallest absolute Gasteiger partial charge is 0.208 e. The van der Waals surface area contributed by atoms with Gasteiger partial charge in [0.1, 0.15) is 19.3 Å². The number of rotatable bonds is 17. The first-order chi connectivity index (χ1) is 13.1. The predicted octanol–water partition coefficient (Wildman–Crippen LogP) is 3.65. The minimum absolute atomic E-state index is 0.0886. The second-order valence-electron chi connectivity index (χ2n) is 7.55. The van der Waals surface area contributed by atoms with Crippen molar-refractivity contribution >= 4 is 11.8 Å². The maximum Gasteiger partial charge on any atom is 0.208 e. The molecule has 0 aromatic heterocycles. The van der Waals surface area contributed by atoms with Gasteiger partial charge in [-0.05, 0) is 19.3 Å². The van der Waals surface area contributed by atoms with Crippen LogP contribution < -0.4 is 10.8 Å². The molecule has 0 aliphatic carbocycles. The number of aliphatic carboxylic acids is 1. The van der Waals surface area contributed by atoms with E-state index in [9.17, 15) is 9.90 Å². The number of carboxylic acids is 1. The van der Waals surface area contributed by atoms with Gasteiger partial charge >= 0.3 is 0 Å². The SMILES string of the molecule is CCCCCCCCCCC/C=C/CCC1=NC=C[N+]1(CCN)CC(=O)[O-]. The van der Waals surface area contributed by atoms with E-state index >= 15 is 0 Å². The van der Waals surface area contributed by atoms with Crippen molar-refractivity contribution in [2.24, 2.45) is 10.7 Å². The molecule has 1 aliphatic heterocycles. The third-order valence-corrected chi connectivity index (χ3v) is 5.20. The van der Waals surface area contributed by atoms with Crippen molar-refractivity contribution in [1.82, 2.24) is 0 Å². The lowest BCUT2D eigenvalue weighted by Gasteiger charge is -2.32. The van der Waals surface area contributed by atoms with Crippen LogP contribution in [0.1, 0.15) is 84.0 Å². The van der Waals surface area contributed by atoms with Gasteiger partial charge in [0, 0.05) is 13.0 Å². The lowest BCUT2D eigenvalue weighted by molar-refractivity contribution is -0.780.